The molecule has 0 saturated heterocycles. The molecule has 0 aliphatic rings. The molecule has 0 bridgehead atoms. The highest BCUT2D eigenvalue weighted by Crippen LogP contribution is 2.27. The minimum absolute atomic E-state index is 0.0784. The number of hydrogen-bond acceptors (Lipinski definition) is 6. The molecular weight excluding hydrogens is 386 g/mol. The molecule has 9 nitrogen and oxygen atoms in total. The number of nitrogens with zero attached hydrogens (tertiary/aromatic N) is 2. The number of hydrogen-bond donors (Lipinski definition) is 3. The summed E-state index contributed by atoms with van der Waals surface area (Å²) in [6, 6.07) is 12.2. The Hall–Kier alpha value is -3.49. The zero-order valence-electron chi connectivity index (χ0n) is 17.6. The quantitative estimate of drug-likeness (QED) is 0.170. The molecule has 2 aromatic rings. The summed E-state index contributed by atoms with van der Waals surface area (Å²) in [7, 11) is 3.24. The highest BCUT2D eigenvalue weighted by molar-refractivity contribution is 5.79. The summed E-state index contributed by atoms with van der Waals surface area (Å²) in [6.07, 6.45) is 0.776. The number of guanidine groups is 1. The highest BCUT2D eigenvalue weighted by Gasteiger charge is 2.05. The van der Waals surface area contributed by atoms with E-state index in [0.29, 0.717) is 31.1 Å². The highest BCUT2D eigenvalue weighted by atomic mass is 16.6. The van der Waals surface area contributed by atoms with Crippen LogP contribution in [-0.2, 0) is 6.42 Å². The zero-order valence-corrected chi connectivity index (χ0v) is 17.6. The van der Waals surface area contributed by atoms with Gasteiger partial charge in [0.15, 0.2) is 17.5 Å². The van der Waals surface area contributed by atoms with Crippen molar-refractivity contribution in [1.29, 1.82) is 0 Å². The Bertz CT molecular complexity index is 840. The van der Waals surface area contributed by atoms with Gasteiger partial charge in [0.05, 0.1) is 19.1 Å². The molecule has 0 aliphatic heterocycles. The first-order valence-electron chi connectivity index (χ1n) is 9.78. The van der Waals surface area contributed by atoms with Crippen LogP contribution in [0, 0.1) is 10.1 Å². The van der Waals surface area contributed by atoms with E-state index in [-0.39, 0.29) is 5.69 Å². The van der Waals surface area contributed by atoms with Gasteiger partial charge in [0.1, 0.15) is 0 Å². The Kier molecular flexibility index (Phi) is 9.23. The van der Waals surface area contributed by atoms with Crippen LogP contribution in [0.4, 0.5) is 11.4 Å². The summed E-state index contributed by atoms with van der Waals surface area (Å²) in [5.41, 5.74) is 2.03. The number of nitro groups is 1. The van der Waals surface area contributed by atoms with E-state index >= 15 is 0 Å². The van der Waals surface area contributed by atoms with Crippen molar-refractivity contribution >= 4 is 17.3 Å². The molecule has 30 heavy (non-hydrogen) atoms. The maximum Gasteiger partial charge on any atom is 0.269 e. The standard InChI is InChI=1S/C21H29N5O4/c1-4-22-21(24-12-11-16-5-10-19(29-2)20(15-16)30-3)25-14-13-23-17-6-8-18(9-7-17)26(27)28/h5-10,15,23H,4,11-14H2,1-3H3,(H2,22,24,25). The number of nitrogens with one attached hydrogen (secondary N) is 3. The minimum atomic E-state index is -0.410. The van der Waals surface area contributed by atoms with E-state index in [2.05, 4.69) is 20.9 Å². The first-order valence-corrected chi connectivity index (χ1v) is 9.78. The van der Waals surface area contributed by atoms with Crippen molar-refractivity contribution in [3.05, 3.63) is 58.1 Å². The number of ether oxygens (including phenoxy) is 2. The lowest BCUT2D eigenvalue weighted by molar-refractivity contribution is -0.384. The SMILES string of the molecule is CCNC(=NCCc1ccc(OC)c(OC)c1)NCCNc1ccc([N+](=O)[O-])cc1. The molecule has 0 radical (unpaired) electrons. The Morgan fingerprint density at radius 3 is 2.40 bits per heavy atom. The van der Waals surface area contributed by atoms with Crippen molar-refractivity contribution in [3.63, 3.8) is 0 Å². The van der Waals surface area contributed by atoms with Gasteiger partial charge < -0.3 is 25.4 Å². The van der Waals surface area contributed by atoms with Gasteiger partial charge in [0.2, 0.25) is 0 Å². The second kappa shape index (κ2) is 12.2. The zero-order chi connectivity index (χ0) is 21.8. The van der Waals surface area contributed by atoms with Crippen molar-refractivity contribution in [1.82, 2.24) is 10.6 Å². The first-order chi connectivity index (χ1) is 14.6. The molecule has 0 aliphatic carbocycles. The van der Waals surface area contributed by atoms with Crippen LogP contribution in [0.2, 0.25) is 0 Å². The third kappa shape index (κ3) is 7.16. The average molecular weight is 415 g/mol. The topological polar surface area (TPSA) is 110 Å². The minimum Gasteiger partial charge on any atom is -0.493 e. The second-order valence-corrected chi connectivity index (χ2v) is 6.36. The number of aliphatic imine (C=N–C) groups is 1. The monoisotopic (exact) mass is 415 g/mol. The van der Waals surface area contributed by atoms with Gasteiger partial charge in [0.25, 0.3) is 5.69 Å². The number of nitro benzene ring substituents is 1. The molecular formula is C21H29N5O4. The molecule has 0 heterocycles. The van der Waals surface area contributed by atoms with Crippen LogP contribution in [0.15, 0.2) is 47.5 Å². The van der Waals surface area contributed by atoms with Gasteiger partial charge in [-0.15, -0.1) is 0 Å². The van der Waals surface area contributed by atoms with Gasteiger partial charge >= 0.3 is 0 Å². The fourth-order valence-corrected chi connectivity index (χ4v) is 2.76. The van der Waals surface area contributed by atoms with Crippen LogP contribution in [0.1, 0.15) is 12.5 Å². The van der Waals surface area contributed by atoms with E-state index in [4.69, 9.17) is 9.47 Å². The van der Waals surface area contributed by atoms with Gasteiger partial charge in [-0.05, 0) is 43.2 Å². The van der Waals surface area contributed by atoms with Crippen LogP contribution in [0.25, 0.3) is 0 Å². The Balaban J connectivity index is 1.80. The molecule has 0 unspecified atom stereocenters. The van der Waals surface area contributed by atoms with Gasteiger partial charge in [-0.2, -0.15) is 0 Å². The smallest absolute Gasteiger partial charge is 0.269 e. The molecule has 0 saturated carbocycles. The first kappa shape index (κ1) is 22.8. The molecule has 9 heteroatoms. The second-order valence-electron chi connectivity index (χ2n) is 6.36. The molecule has 0 spiro atoms. The predicted molar refractivity (Wildman–Crippen MR) is 119 cm³/mol. The molecule has 0 amide bonds. The maximum absolute atomic E-state index is 10.7. The summed E-state index contributed by atoms with van der Waals surface area (Å²) in [6.45, 7) is 4.70. The van der Waals surface area contributed by atoms with Gasteiger partial charge in [-0.1, -0.05) is 6.07 Å². The molecule has 2 aromatic carbocycles. The summed E-state index contributed by atoms with van der Waals surface area (Å²) in [5, 5.41) is 20.4. The average Bonchev–Trinajstić information content (AvgIpc) is 2.76. The predicted octanol–water partition coefficient (Wildman–Crippen LogP) is 2.82. The van der Waals surface area contributed by atoms with E-state index in [1.165, 1.54) is 12.1 Å². The van der Waals surface area contributed by atoms with Gasteiger partial charge in [0, 0.05) is 44.0 Å². The normalized spacial score (nSPS) is 11.0. The lowest BCUT2D eigenvalue weighted by Gasteiger charge is -2.13. The van der Waals surface area contributed by atoms with Crippen LogP contribution in [0.3, 0.4) is 0 Å². The van der Waals surface area contributed by atoms with E-state index in [1.54, 1.807) is 26.4 Å². The van der Waals surface area contributed by atoms with Crippen molar-refractivity contribution in [2.45, 2.75) is 13.3 Å². The molecule has 0 fully saturated rings. The number of rotatable bonds is 11. The van der Waals surface area contributed by atoms with Crippen molar-refractivity contribution in [2.75, 3.05) is 45.7 Å². The van der Waals surface area contributed by atoms with Crippen LogP contribution in [-0.4, -0.2) is 51.3 Å². The molecule has 0 aromatic heterocycles. The van der Waals surface area contributed by atoms with Crippen molar-refractivity contribution in [3.8, 4) is 11.5 Å². The Morgan fingerprint density at radius 1 is 1.03 bits per heavy atom. The van der Waals surface area contributed by atoms with Crippen molar-refractivity contribution < 1.29 is 14.4 Å². The fourth-order valence-electron chi connectivity index (χ4n) is 2.76. The van der Waals surface area contributed by atoms with E-state index < -0.39 is 4.92 Å². The van der Waals surface area contributed by atoms with E-state index in [9.17, 15) is 10.1 Å². The summed E-state index contributed by atoms with van der Waals surface area (Å²) < 4.78 is 10.6. The molecule has 162 valence electrons. The van der Waals surface area contributed by atoms with Gasteiger partial charge in [-0.25, -0.2) is 0 Å². The molecule has 2 rings (SSSR count). The summed E-state index contributed by atoms with van der Waals surface area (Å²) in [5.74, 6) is 2.16. The Labute approximate surface area is 176 Å². The van der Waals surface area contributed by atoms with Gasteiger partial charge in [-0.3, -0.25) is 15.1 Å². The number of non-ortho nitro benzene ring substituents is 1. The van der Waals surface area contributed by atoms with E-state index in [1.807, 2.05) is 25.1 Å². The van der Waals surface area contributed by atoms with Crippen LogP contribution < -0.4 is 25.4 Å². The third-order valence-corrected chi connectivity index (χ3v) is 4.29. The molecule has 0 atom stereocenters. The summed E-state index contributed by atoms with van der Waals surface area (Å²) >= 11 is 0. The maximum atomic E-state index is 10.7. The summed E-state index contributed by atoms with van der Waals surface area (Å²) in [4.78, 5) is 14.9. The molecule has 3 N–H and O–H groups in total. The van der Waals surface area contributed by atoms with E-state index in [0.717, 1.165) is 30.2 Å². The third-order valence-electron chi connectivity index (χ3n) is 4.29. The lowest BCUT2D eigenvalue weighted by Crippen LogP contribution is -2.39. The fraction of sp³-hybridized carbons (Fsp3) is 0.381. The largest absolute Gasteiger partial charge is 0.493 e. The number of anilines is 1. The Morgan fingerprint density at radius 2 is 1.77 bits per heavy atom. The van der Waals surface area contributed by atoms with Crippen LogP contribution in [0.5, 0.6) is 11.5 Å². The van der Waals surface area contributed by atoms with Crippen molar-refractivity contribution in [2.24, 2.45) is 4.99 Å². The number of methoxy groups -OCH3 is 2. The number of benzene rings is 2. The lowest BCUT2D eigenvalue weighted by atomic mass is 10.1. The van der Waals surface area contributed by atoms with Crippen LogP contribution >= 0.6 is 0 Å².